The van der Waals surface area contributed by atoms with E-state index < -0.39 is 50.2 Å². The Morgan fingerprint density at radius 3 is 2.76 bits per heavy atom. The number of nitrogens with zero attached hydrogens (tertiary/aromatic N) is 4. The van der Waals surface area contributed by atoms with E-state index in [1.54, 1.807) is 0 Å². The summed E-state index contributed by atoms with van der Waals surface area (Å²) < 4.78 is 23.3. The molecule has 10 nitrogen and oxygen atoms in total. The number of β-lactam (4-membered cyclic amide) rings is 1. The number of carbonyl (C=O) groups is 3. The van der Waals surface area contributed by atoms with Crippen LogP contribution < -0.4 is 0 Å². The standard InChI is InChI=1S/C14H14N4O6S/c1-14(7-16-6-9(19)8-5-15-2-3-17-8)12(13(21)22)18-10(20)4-11(18)25(14,23)24/h2-3,5,7,11-12H,4,6H2,1H3,(H,21,22)/t11-,12+,14+/m1/s1. The highest BCUT2D eigenvalue weighted by molar-refractivity contribution is 7.94. The van der Waals surface area contributed by atoms with Crippen molar-refractivity contribution in [2.24, 2.45) is 4.99 Å². The van der Waals surface area contributed by atoms with Crippen molar-refractivity contribution in [2.75, 3.05) is 6.54 Å². The van der Waals surface area contributed by atoms with Gasteiger partial charge in [0, 0.05) is 18.6 Å². The first-order chi connectivity index (χ1) is 11.7. The summed E-state index contributed by atoms with van der Waals surface area (Å²) in [6.45, 7) is 0.789. The predicted octanol–water partition coefficient (Wildman–Crippen LogP) is -1.07. The van der Waals surface area contributed by atoms with Crippen LogP contribution in [0.1, 0.15) is 23.8 Å². The van der Waals surface area contributed by atoms with Gasteiger partial charge in [0.05, 0.1) is 12.6 Å². The van der Waals surface area contributed by atoms with Crippen LogP contribution in [0, 0.1) is 0 Å². The third-order valence-electron chi connectivity index (χ3n) is 4.41. The van der Waals surface area contributed by atoms with Gasteiger partial charge in [0.15, 0.2) is 15.9 Å². The van der Waals surface area contributed by atoms with Crippen molar-refractivity contribution in [2.45, 2.75) is 29.5 Å². The Labute approximate surface area is 142 Å². The number of hydrogen-bond acceptors (Lipinski definition) is 8. The van der Waals surface area contributed by atoms with E-state index in [0.717, 1.165) is 11.1 Å². The fraction of sp³-hybridized carbons (Fsp3) is 0.429. The highest BCUT2D eigenvalue weighted by atomic mass is 32.2. The van der Waals surface area contributed by atoms with E-state index in [2.05, 4.69) is 15.0 Å². The molecule has 1 aromatic rings. The topological polar surface area (TPSA) is 147 Å². The number of aliphatic carboxylic acids is 1. The monoisotopic (exact) mass is 366 g/mol. The summed E-state index contributed by atoms with van der Waals surface area (Å²) in [5.41, 5.74) is 0.0628. The van der Waals surface area contributed by atoms with Crippen LogP contribution in [0.3, 0.4) is 0 Å². The zero-order valence-electron chi connectivity index (χ0n) is 13.1. The molecule has 132 valence electrons. The molecule has 3 rings (SSSR count). The number of carboxylic acid groups (broad SMARTS) is 1. The second-order valence-corrected chi connectivity index (χ2v) is 8.43. The Morgan fingerprint density at radius 2 is 2.20 bits per heavy atom. The molecule has 3 atom stereocenters. The lowest BCUT2D eigenvalue weighted by Crippen LogP contribution is -2.57. The lowest BCUT2D eigenvalue weighted by atomic mass is 9.97. The molecular formula is C14H14N4O6S. The molecule has 1 aromatic heterocycles. The Bertz CT molecular complexity index is 884. The van der Waals surface area contributed by atoms with Crippen molar-refractivity contribution < 1.29 is 27.9 Å². The highest BCUT2D eigenvalue weighted by Crippen LogP contribution is 2.45. The van der Waals surface area contributed by atoms with Crippen LogP contribution in [-0.2, 0) is 19.4 Å². The Kier molecular flexibility index (Phi) is 3.90. The largest absolute Gasteiger partial charge is 0.480 e. The Morgan fingerprint density at radius 1 is 1.48 bits per heavy atom. The normalized spacial score (nSPS) is 30.1. The van der Waals surface area contributed by atoms with Crippen LogP contribution >= 0.6 is 0 Å². The van der Waals surface area contributed by atoms with Crippen LogP contribution in [0.2, 0.25) is 0 Å². The van der Waals surface area contributed by atoms with Gasteiger partial charge >= 0.3 is 5.97 Å². The van der Waals surface area contributed by atoms with Crippen LogP contribution in [0.5, 0.6) is 0 Å². The van der Waals surface area contributed by atoms with Gasteiger partial charge in [-0.3, -0.25) is 19.6 Å². The van der Waals surface area contributed by atoms with E-state index >= 15 is 0 Å². The number of carboxylic acids is 1. The number of amides is 1. The second-order valence-electron chi connectivity index (χ2n) is 5.91. The van der Waals surface area contributed by atoms with Gasteiger partial charge in [-0.2, -0.15) is 0 Å². The van der Waals surface area contributed by atoms with Crippen LogP contribution in [0.25, 0.3) is 0 Å². The molecule has 2 saturated heterocycles. The van der Waals surface area contributed by atoms with E-state index in [9.17, 15) is 27.9 Å². The Balaban J connectivity index is 1.87. The number of sulfone groups is 1. The van der Waals surface area contributed by atoms with E-state index in [0.29, 0.717) is 0 Å². The number of fused-ring (bicyclic) bond motifs is 1. The molecule has 0 saturated carbocycles. The van der Waals surface area contributed by atoms with Crippen molar-refractivity contribution >= 4 is 33.7 Å². The zero-order chi connectivity index (χ0) is 18.4. The molecule has 3 heterocycles. The van der Waals surface area contributed by atoms with Gasteiger partial charge in [-0.05, 0) is 6.92 Å². The summed E-state index contributed by atoms with van der Waals surface area (Å²) in [6, 6.07) is -1.57. The van der Waals surface area contributed by atoms with Crippen LogP contribution in [0.4, 0.5) is 0 Å². The molecule has 1 amide bonds. The number of carbonyl (C=O) groups excluding carboxylic acids is 2. The maximum Gasteiger partial charge on any atom is 0.328 e. The van der Waals surface area contributed by atoms with Gasteiger partial charge in [-0.1, -0.05) is 0 Å². The van der Waals surface area contributed by atoms with Gasteiger partial charge in [-0.25, -0.2) is 18.2 Å². The summed E-state index contributed by atoms with van der Waals surface area (Å²) in [7, 11) is -3.98. The number of aliphatic imine (C=N–C) groups is 1. The summed E-state index contributed by atoms with van der Waals surface area (Å²) in [5.74, 6) is -2.46. The summed E-state index contributed by atoms with van der Waals surface area (Å²) in [5, 5.41) is 8.24. The quantitative estimate of drug-likeness (QED) is 0.393. The maximum absolute atomic E-state index is 12.6. The second kappa shape index (κ2) is 5.69. The fourth-order valence-corrected chi connectivity index (χ4v) is 5.27. The summed E-state index contributed by atoms with van der Waals surface area (Å²) in [4.78, 5) is 47.4. The lowest BCUT2D eigenvalue weighted by Gasteiger charge is -2.35. The maximum atomic E-state index is 12.6. The third-order valence-corrected chi connectivity index (χ3v) is 7.07. The SMILES string of the molecule is C[C@]1(C=NCC(=O)c2cnccn2)[C@H](C(=O)O)N2C(=O)C[C@H]2S1(=O)=O. The molecule has 0 aromatic carbocycles. The van der Waals surface area contributed by atoms with Gasteiger partial charge in [0.1, 0.15) is 22.4 Å². The van der Waals surface area contributed by atoms with E-state index in [-0.39, 0.29) is 12.1 Å². The van der Waals surface area contributed by atoms with Crippen molar-refractivity contribution in [1.82, 2.24) is 14.9 Å². The van der Waals surface area contributed by atoms with Gasteiger partial charge in [-0.15, -0.1) is 0 Å². The van der Waals surface area contributed by atoms with Gasteiger partial charge in [0.25, 0.3) is 0 Å². The predicted molar refractivity (Wildman–Crippen MR) is 83.7 cm³/mol. The zero-order valence-corrected chi connectivity index (χ0v) is 13.9. The van der Waals surface area contributed by atoms with E-state index in [1.165, 1.54) is 25.5 Å². The minimum atomic E-state index is -3.98. The van der Waals surface area contributed by atoms with Gasteiger partial charge in [0.2, 0.25) is 11.7 Å². The average molecular weight is 366 g/mol. The molecule has 2 fully saturated rings. The van der Waals surface area contributed by atoms with Crippen LogP contribution in [-0.4, -0.2) is 75.0 Å². The van der Waals surface area contributed by atoms with Crippen molar-refractivity contribution in [3.63, 3.8) is 0 Å². The van der Waals surface area contributed by atoms with E-state index in [4.69, 9.17) is 0 Å². The molecule has 0 spiro atoms. The molecule has 11 heteroatoms. The molecule has 0 bridgehead atoms. The highest BCUT2D eigenvalue weighted by Gasteiger charge is 2.69. The van der Waals surface area contributed by atoms with Crippen molar-refractivity contribution in [1.29, 1.82) is 0 Å². The molecule has 1 N–H and O–H groups in total. The minimum Gasteiger partial charge on any atom is -0.480 e. The van der Waals surface area contributed by atoms with Gasteiger partial charge < -0.3 is 10.0 Å². The average Bonchev–Trinajstić information content (AvgIpc) is 2.70. The smallest absolute Gasteiger partial charge is 0.328 e. The van der Waals surface area contributed by atoms with E-state index in [1.807, 2.05) is 0 Å². The molecule has 2 aliphatic heterocycles. The minimum absolute atomic E-state index is 0.0628. The number of rotatable bonds is 5. The lowest BCUT2D eigenvalue weighted by molar-refractivity contribution is -0.156. The number of ketones is 1. The fourth-order valence-electron chi connectivity index (χ4n) is 3.04. The van der Waals surface area contributed by atoms with Crippen molar-refractivity contribution in [3.05, 3.63) is 24.3 Å². The molecule has 25 heavy (non-hydrogen) atoms. The number of aromatic nitrogens is 2. The first kappa shape index (κ1) is 17.1. The molecule has 2 aliphatic rings. The number of hydrogen-bond donors (Lipinski definition) is 1. The van der Waals surface area contributed by atoms with Crippen molar-refractivity contribution in [3.8, 4) is 0 Å². The van der Waals surface area contributed by atoms with Crippen LogP contribution in [0.15, 0.2) is 23.6 Å². The summed E-state index contributed by atoms with van der Waals surface area (Å²) >= 11 is 0. The first-order valence-corrected chi connectivity index (χ1v) is 8.82. The third kappa shape index (κ3) is 2.42. The summed E-state index contributed by atoms with van der Waals surface area (Å²) in [6.07, 6.45) is 4.67. The molecular weight excluding hydrogens is 352 g/mol. The molecule has 0 radical (unpaired) electrons. The first-order valence-electron chi connectivity index (χ1n) is 7.28. The molecule has 0 aliphatic carbocycles. The Hall–Kier alpha value is -2.69. The number of Topliss-reactive ketones (excluding diaryl/α,β-unsaturated/α-hetero) is 1. The molecule has 0 unspecified atom stereocenters.